The maximum atomic E-state index is 9.80. The molecule has 2 fully saturated rings. The van der Waals surface area contributed by atoms with Crippen molar-refractivity contribution in [2.24, 2.45) is 0 Å². The first-order valence-corrected chi connectivity index (χ1v) is 13.4. The number of rotatable bonds is 10. The summed E-state index contributed by atoms with van der Waals surface area (Å²) in [6.45, 7) is 4.94. The van der Waals surface area contributed by atoms with Gasteiger partial charge in [0.05, 0.1) is 30.2 Å². The van der Waals surface area contributed by atoms with Gasteiger partial charge >= 0.3 is 0 Å². The fourth-order valence-corrected chi connectivity index (χ4v) is 4.90. The van der Waals surface area contributed by atoms with Gasteiger partial charge in [-0.15, -0.1) is 0 Å². The van der Waals surface area contributed by atoms with Crippen molar-refractivity contribution in [2.45, 2.75) is 31.7 Å². The smallest absolute Gasteiger partial charge is 0.227 e. The molecule has 0 bridgehead atoms. The predicted octanol–water partition coefficient (Wildman–Crippen LogP) is 3.43. The third-order valence-electron chi connectivity index (χ3n) is 7.52. The van der Waals surface area contributed by atoms with Crippen molar-refractivity contribution < 1.29 is 19.7 Å². The monoisotopic (exact) mass is 542 g/mol. The summed E-state index contributed by atoms with van der Waals surface area (Å²) in [5.74, 6) is 0.904. The number of hydrogen-bond donors (Lipinski definition) is 3. The van der Waals surface area contributed by atoms with Crippen LogP contribution in [0.4, 0.5) is 11.6 Å². The van der Waals surface area contributed by atoms with Crippen molar-refractivity contribution in [1.82, 2.24) is 19.8 Å². The van der Waals surface area contributed by atoms with Crippen LogP contribution in [0.15, 0.2) is 66.6 Å². The fraction of sp³-hybridized carbons (Fsp3) is 0.367. The number of methoxy groups -OCH3 is 1. The lowest BCUT2D eigenvalue weighted by Gasteiger charge is -2.42. The number of nitrogens with zero attached hydrogens (tertiary/aromatic N) is 5. The molecule has 10 heteroatoms. The number of ether oxygens (including phenoxy) is 2. The SMILES string of the molecule is COC1CN(C(C)c2ccc(Nc3nccc(-c4ccc(O/C=C5\CCN(C(O)CO)C5)c(C#N)c4)n3)cc2)C1. The number of aliphatic hydroxyl groups excluding tert-OH is 2. The van der Waals surface area contributed by atoms with Gasteiger partial charge in [-0.05, 0) is 60.9 Å². The van der Waals surface area contributed by atoms with Gasteiger partial charge in [0.2, 0.25) is 5.95 Å². The van der Waals surface area contributed by atoms with E-state index in [2.05, 4.69) is 45.3 Å². The minimum atomic E-state index is -0.880. The standard InChI is InChI=1S/C30H34N6O4/c1-20(36-16-26(17-36)39-2)22-3-6-25(7-4-22)33-30-32-11-9-27(34-30)23-5-8-28(24(13-23)14-31)40-19-21-10-12-35(15-21)29(38)18-37/h3-9,11,13,19-20,26,29,37-38H,10,12,15-18H2,1-2H3,(H,32,33,34)/b21-19+. The quantitative estimate of drug-likeness (QED) is 0.328. The molecule has 3 heterocycles. The minimum Gasteiger partial charge on any atom is -0.464 e. The largest absolute Gasteiger partial charge is 0.464 e. The van der Waals surface area contributed by atoms with Gasteiger partial charge in [-0.1, -0.05) is 12.1 Å². The van der Waals surface area contributed by atoms with Crippen LogP contribution in [0.1, 0.15) is 30.5 Å². The van der Waals surface area contributed by atoms with Crippen LogP contribution in [-0.4, -0.2) is 82.2 Å². The Labute approximate surface area is 234 Å². The Bertz CT molecular complexity index is 1380. The molecule has 5 rings (SSSR count). The van der Waals surface area contributed by atoms with E-state index in [-0.39, 0.29) is 6.61 Å². The van der Waals surface area contributed by atoms with Crippen LogP contribution < -0.4 is 10.1 Å². The van der Waals surface area contributed by atoms with E-state index in [4.69, 9.17) is 14.6 Å². The molecule has 3 aromatic rings. The van der Waals surface area contributed by atoms with Gasteiger partial charge in [-0.3, -0.25) is 9.80 Å². The number of anilines is 2. The summed E-state index contributed by atoms with van der Waals surface area (Å²) in [7, 11) is 1.76. The molecule has 0 radical (unpaired) electrons. The molecule has 0 saturated carbocycles. The molecule has 3 N–H and O–H groups in total. The van der Waals surface area contributed by atoms with E-state index >= 15 is 0 Å². The normalized spacial score (nSPS) is 18.7. The third kappa shape index (κ3) is 6.31. The van der Waals surface area contributed by atoms with Crippen molar-refractivity contribution in [3.63, 3.8) is 0 Å². The number of nitriles is 1. The van der Waals surface area contributed by atoms with E-state index in [9.17, 15) is 10.4 Å². The molecule has 2 atom stereocenters. The highest BCUT2D eigenvalue weighted by atomic mass is 16.5. The van der Waals surface area contributed by atoms with E-state index in [1.807, 2.05) is 18.2 Å². The number of aromatic nitrogens is 2. The van der Waals surface area contributed by atoms with Gasteiger partial charge in [0.15, 0.2) is 0 Å². The van der Waals surface area contributed by atoms with Crippen LogP contribution in [-0.2, 0) is 4.74 Å². The molecule has 2 aliphatic heterocycles. The van der Waals surface area contributed by atoms with Crippen molar-refractivity contribution in [2.75, 3.05) is 45.2 Å². The summed E-state index contributed by atoms with van der Waals surface area (Å²) < 4.78 is 11.2. The Morgan fingerprint density at radius 1 is 1.18 bits per heavy atom. The van der Waals surface area contributed by atoms with Crippen molar-refractivity contribution in [3.8, 4) is 23.1 Å². The van der Waals surface area contributed by atoms with E-state index in [1.54, 1.807) is 42.7 Å². The highest BCUT2D eigenvalue weighted by molar-refractivity contribution is 5.66. The van der Waals surface area contributed by atoms with Crippen LogP contribution in [0.25, 0.3) is 11.3 Å². The second-order valence-corrected chi connectivity index (χ2v) is 10.1. The van der Waals surface area contributed by atoms with Gasteiger partial charge in [0.1, 0.15) is 18.0 Å². The van der Waals surface area contributed by atoms with Crippen LogP contribution in [0.3, 0.4) is 0 Å². The zero-order valence-corrected chi connectivity index (χ0v) is 22.7. The highest BCUT2D eigenvalue weighted by Crippen LogP contribution is 2.29. The molecule has 1 aromatic heterocycles. The first-order chi connectivity index (χ1) is 19.5. The van der Waals surface area contributed by atoms with Gasteiger partial charge in [0, 0.05) is 56.8 Å². The molecule has 2 aromatic carbocycles. The maximum absolute atomic E-state index is 9.80. The zero-order chi connectivity index (χ0) is 28.1. The summed E-state index contributed by atoms with van der Waals surface area (Å²) >= 11 is 0. The summed E-state index contributed by atoms with van der Waals surface area (Å²) in [6, 6.07) is 18.0. The van der Waals surface area contributed by atoms with Gasteiger partial charge < -0.3 is 25.0 Å². The van der Waals surface area contributed by atoms with Crippen molar-refractivity contribution in [3.05, 3.63) is 77.7 Å². The number of hydrogen-bond acceptors (Lipinski definition) is 10. The summed E-state index contributed by atoms with van der Waals surface area (Å²) in [4.78, 5) is 13.2. The zero-order valence-electron chi connectivity index (χ0n) is 22.7. The number of benzene rings is 2. The molecule has 40 heavy (non-hydrogen) atoms. The van der Waals surface area contributed by atoms with Crippen LogP contribution >= 0.6 is 0 Å². The van der Waals surface area contributed by atoms with Crippen molar-refractivity contribution >= 4 is 11.6 Å². The van der Waals surface area contributed by atoms with Crippen LogP contribution in [0, 0.1) is 11.3 Å². The lowest BCUT2D eigenvalue weighted by molar-refractivity contribution is -0.0479. The van der Waals surface area contributed by atoms with Crippen molar-refractivity contribution in [1.29, 1.82) is 5.26 Å². The van der Waals surface area contributed by atoms with Crippen LogP contribution in [0.5, 0.6) is 5.75 Å². The molecular weight excluding hydrogens is 508 g/mol. The molecule has 0 spiro atoms. The van der Waals surface area contributed by atoms with Gasteiger partial charge in [-0.2, -0.15) is 5.26 Å². The lowest BCUT2D eigenvalue weighted by atomic mass is 10.0. The van der Waals surface area contributed by atoms with E-state index in [1.165, 1.54) is 5.56 Å². The maximum Gasteiger partial charge on any atom is 0.227 e. The number of aliphatic hydroxyl groups is 2. The predicted molar refractivity (Wildman–Crippen MR) is 151 cm³/mol. The third-order valence-corrected chi connectivity index (χ3v) is 7.52. The molecular formula is C30H34N6O4. The second kappa shape index (κ2) is 12.6. The molecule has 0 amide bonds. The average molecular weight is 543 g/mol. The molecule has 10 nitrogen and oxygen atoms in total. The minimum absolute atomic E-state index is 0.311. The number of likely N-dealkylation sites (tertiary alicyclic amines) is 2. The second-order valence-electron chi connectivity index (χ2n) is 10.1. The molecule has 2 unspecified atom stereocenters. The fourth-order valence-electron chi connectivity index (χ4n) is 4.90. The van der Waals surface area contributed by atoms with E-state index in [0.717, 1.165) is 36.3 Å². The van der Waals surface area contributed by atoms with Gasteiger partial charge in [-0.25, -0.2) is 9.97 Å². The number of nitrogens with one attached hydrogen (secondary N) is 1. The Morgan fingerprint density at radius 3 is 2.70 bits per heavy atom. The summed E-state index contributed by atoms with van der Waals surface area (Å²) in [5.41, 5.74) is 4.95. The molecule has 2 saturated heterocycles. The molecule has 2 aliphatic rings. The Kier molecular flexibility index (Phi) is 8.69. The average Bonchev–Trinajstić information content (AvgIpc) is 3.44. The van der Waals surface area contributed by atoms with Gasteiger partial charge in [0.25, 0.3) is 0 Å². The summed E-state index contributed by atoms with van der Waals surface area (Å²) in [5, 5.41) is 32.0. The first kappa shape index (κ1) is 27.7. The van der Waals surface area contributed by atoms with E-state index < -0.39 is 6.23 Å². The van der Waals surface area contributed by atoms with E-state index in [0.29, 0.717) is 48.2 Å². The topological polar surface area (TPSA) is 127 Å². The molecule has 208 valence electrons. The molecule has 0 aliphatic carbocycles. The van der Waals surface area contributed by atoms with Crippen LogP contribution in [0.2, 0.25) is 0 Å². The highest BCUT2D eigenvalue weighted by Gasteiger charge is 2.30. The Balaban J connectivity index is 1.23. The Hall–Kier alpha value is -3.85. The Morgan fingerprint density at radius 2 is 1.98 bits per heavy atom. The lowest BCUT2D eigenvalue weighted by Crippen LogP contribution is -2.52. The summed E-state index contributed by atoms with van der Waals surface area (Å²) in [6.07, 6.45) is 3.48. The first-order valence-electron chi connectivity index (χ1n) is 13.4.